The van der Waals surface area contributed by atoms with Crippen molar-refractivity contribution in [1.29, 1.82) is 0 Å². The van der Waals surface area contributed by atoms with Crippen LogP contribution in [0.25, 0.3) is 5.69 Å². The summed E-state index contributed by atoms with van der Waals surface area (Å²) in [7, 11) is 1.37. The van der Waals surface area contributed by atoms with Gasteiger partial charge in [0, 0.05) is 24.3 Å². The van der Waals surface area contributed by atoms with Gasteiger partial charge in [-0.3, -0.25) is 9.59 Å². The van der Waals surface area contributed by atoms with E-state index in [1.54, 1.807) is 9.58 Å². The van der Waals surface area contributed by atoms with Crippen LogP contribution in [-0.4, -0.2) is 59.3 Å². The van der Waals surface area contributed by atoms with E-state index in [0.29, 0.717) is 31.6 Å². The summed E-state index contributed by atoms with van der Waals surface area (Å²) in [5.41, 5.74) is 3.14. The number of methoxy groups -OCH3 is 1. The molecular weight excluding hydrogens is 386 g/mol. The van der Waals surface area contributed by atoms with Gasteiger partial charge in [0.05, 0.1) is 18.7 Å². The second-order valence-corrected chi connectivity index (χ2v) is 7.63. The Morgan fingerprint density at radius 3 is 2.53 bits per heavy atom. The Morgan fingerprint density at radius 2 is 1.83 bits per heavy atom. The molecule has 1 amide bonds. The van der Waals surface area contributed by atoms with E-state index < -0.39 is 5.97 Å². The molecule has 1 fully saturated rings. The molecule has 0 spiro atoms. The molecule has 0 bridgehead atoms. The van der Waals surface area contributed by atoms with Gasteiger partial charge >= 0.3 is 11.9 Å². The third-order valence-corrected chi connectivity index (χ3v) is 5.83. The Balaban J connectivity index is 1.38. The van der Waals surface area contributed by atoms with E-state index in [4.69, 9.17) is 9.47 Å². The van der Waals surface area contributed by atoms with Gasteiger partial charge in [0.2, 0.25) is 0 Å². The van der Waals surface area contributed by atoms with Crippen LogP contribution in [0.2, 0.25) is 0 Å². The zero-order chi connectivity index (χ0) is 21.1. The molecule has 1 saturated heterocycles. The first-order chi connectivity index (χ1) is 14.6. The average Bonchev–Trinajstić information content (AvgIpc) is 3.40. The van der Waals surface area contributed by atoms with Crippen LogP contribution in [0, 0.1) is 5.92 Å². The summed E-state index contributed by atoms with van der Waals surface area (Å²) in [5.74, 6) is -1.24. The number of rotatable bonds is 5. The summed E-state index contributed by atoms with van der Waals surface area (Å²) in [5, 5.41) is 4.50. The number of likely N-dealkylation sites (tertiary alicyclic amines) is 1. The summed E-state index contributed by atoms with van der Waals surface area (Å²) in [4.78, 5) is 38.4. The van der Waals surface area contributed by atoms with Crippen molar-refractivity contribution >= 4 is 17.8 Å². The summed E-state index contributed by atoms with van der Waals surface area (Å²) in [6.07, 6.45) is 3.72. The summed E-state index contributed by atoms with van der Waals surface area (Å²) in [6, 6.07) is 9.68. The van der Waals surface area contributed by atoms with E-state index in [2.05, 4.69) is 5.10 Å². The summed E-state index contributed by atoms with van der Waals surface area (Å²) in [6.45, 7) is 0.580. The molecule has 0 unspecified atom stereocenters. The van der Waals surface area contributed by atoms with Crippen molar-refractivity contribution in [1.82, 2.24) is 14.7 Å². The predicted octanol–water partition coefficient (Wildman–Crippen LogP) is 1.93. The van der Waals surface area contributed by atoms with Crippen molar-refractivity contribution in [2.24, 2.45) is 5.92 Å². The Kier molecular flexibility index (Phi) is 5.83. The normalized spacial score (nSPS) is 16.2. The minimum Gasteiger partial charge on any atom is -0.469 e. The maximum atomic E-state index is 12.7. The minimum absolute atomic E-state index is 0.175. The fraction of sp³-hybridized carbons (Fsp3) is 0.455. The molecule has 4 rings (SSSR count). The number of carbonyl (C=O) groups excluding carboxylic acids is 3. The van der Waals surface area contributed by atoms with Gasteiger partial charge in [0.15, 0.2) is 12.3 Å². The number of fused-ring (bicyclic) bond motifs is 1. The van der Waals surface area contributed by atoms with Crippen molar-refractivity contribution in [3.63, 3.8) is 0 Å². The minimum atomic E-state index is -0.569. The van der Waals surface area contributed by atoms with E-state index in [1.165, 1.54) is 7.11 Å². The Labute approximate surface area is 174 Å². The predicted molar refractivity (Wildman–Crippen MR) is 107 cm³/mol. The molecule has 1 aromatic heterocycles. The van der Waals surface area contributed by atoms with Gasteiger partial charge in [-0.05, 0) is 44.2 Å². The average molecular weight is 411 g/mol. The van der Waals surface area contributed by atoms with E-state index in [1.807, 2.05) is 30.3 Å². The Bertz CT molecular complexity index is 945. The number of ether oxygens (including phenoxy) is 2. The van der Waals surface area contributed by atoms with Gasteiger partial charge in [-0.15, -0.1) is 0 Å². The lowest BCUT2D eigenvalue weighted by Crippen LogP contribution is -2.42. The zero-order valence-corrected chi connectivity index (χ0v) is 17.0. The number of para-hydroxylation sites is 1. The Morgan fingerprint density at radius 1 is 1.10 bits per heavy atom. The first-order valence-electron chi connectivity index (χ1n) is 10.3. The smallest absolute Gasteiger partial charge is 0.359 e. The topological polar surface area (TPSA) is 90.7 Å². The van der Waals surface area contributed by atoms with Crippen LogP contribution < -0.4 is 0 Å². The van der Waals surface area contributed by atoms with Crippen LogP contribution in [0.1, 0.15) is 41.0 Å². The molecule has 0 radical (unpaired) electrons. The van der Waals surface area contributed by atoms with Gasteiger partial charge < -0.3 is 14.4 Å². The number of carbonyl (C=O) groups is 3. The van der Waals surface area contributed by atoms with Gasteiger partial charge in [0.25, 0.3) is 5.91 Å². The van der Waals surface area contributed by atoms with E-state index in [0.717, 1.165) is 36.2 Å². The molecule has 0 atom stereocenters. The number of nitrogens with zero attached hydrogens (tertiary/aromatic N) is 3. The molecule has 1 aliphatic heterocycles. The van der Waals surface area contributed by atoms with Crippen LogP contribution in [0.3, 0.4) is 0 Å². The molecule has 0 saturated carbocycles. The van der Waals surface area contributed by atoms with Crippen molar-refractivity contribution in [3.8, 4) is 5.69 Å². The van der Waals surface area contributed by atoms with Crippen molar-refractivity contribution < 1.29 is 23.9 Å². The largest absolute Gasteiger partial charge is 0.469 e. The molecule has 0 N–H and O–H groups in total. The fourth-order valence-corrected chi connectivity index (χ4v) is 4.20. The summed E-state index contributed by atoms with van der Waals surface area (Å²) >= 11 is 0. The first kappa shape index (κ1) is 20.1. The molecule has 2 aliphatic rings. The fourth-order valence-electron chi connectivity index (χ4n) is 4.20. The third kappa shape index (κ3) is 3.94. The molecule has 8 nitrogen and oxygen atoms in total. The number of piperidine rings is 1. The summed E-state index contributed by atoms with van der Waals surface area (Å²) < 4.78 is 11.9. The number of amides is 1. The lowest BCUT2D eigenvalue weighted by molar-refractivity contribution is -0.149. The lowest BCUT2D eigenvalue weighted by Gasteiger charge is -2.30. The Hall–Kier alpha value is -3.16. The van der Waals surface area contributed by atoms with Crippen LogP contribution in [0.5, 0.6) is 0 Å². The highest BCUT2D eigenvalue weighted by molar-refractivity contribution is 5.91. The molecule has 2 aromatic rings. The number of benzene rings is 1. The second-order valence-electron chi connectivity index (χ2n) is 7.63. The molecule has 30 heavy (non-hydrogen) atoms. The number of aromatic nitrogens is 2. The van der Waals surface area contributed by atoms with E-state index in [9.17, 15) is 14.4 Å². The quantitative estimate of drug-likeness (QED) is 0.699. The van der Waals surface area contributed by atoms with E-state index >= 15 is 0 Å². The number of esters is 2. The maximum absolute atomic E-state index is 12.7. The van der Waals surface area contributed by atoms with Crippen molar-refractivity contribution in [2.75, 3.05) is 26.8 Å². The first-order valence-corrected chi connectivity index (χ1v) is 10.3. The highest BCUT2D eigenvalue weighted by atomic mass is 16.5. The highest BCUT2D eigenvalue weighted by Gasteiger charge is 2.30. The molecule has 1 aromatic carbocycles. The van der Waals surface area contributed by atoms with Gasteiger partial charge in [-0.2, -0.15) is 5.10 Å². The van der Waals surface area contributed by atoms with Crippen LogP contribution in [0.4, 0.5) is 0 Å². The molecular formula is C22H25N3O5. The lowest BCUT2D eigenvalue weighted by atomic mass is 9.97. The second kappa shape index (κ2) is 8.69. The van der Waals surface area contributed by atoms with Crippen LogP contribution >= 0.6 is 0 Å². The standard InChI is InChI=1S/C22H25N3O5/c1-29-21(27)15-10-12-24(13-11-15)19(26)14-30-22(28)20-17-8-5-9-18(17)25(23-20)16-6-3-2-4-7-16/h2-4,6-7,15H,5,8-14H2,1H3. The van der Waals surface area contributed by atoms with Crippen LogP contribution in [0.15, 0.2) is 30.3 Å². The van der Waals surface area contributed by atoms with Gasteiger partial charge in [0.1, 0.15) is 0 Å². The maximum Gasteiger partial charge on any atom is 0.359 e. The third-order valence-electron chi connectivity index (χ3n) is 5.83. The van der Waals surface area contributed by atoms with E-state index in [-0.39, 0.29) is 24.4 Å². The SMILES string of the molecule is COC(=O)C1CCN(C(=O)COC(=O)c2nn(-c3ccccc3)c3c2CCC3)CC1. The van der Waals surface area contributed by atoms with Gasteiger partial charge in [-0.25, -0.2) is 9.48 Å². The van der Waals surface area contributed by atoms with Gasteiger partial charge in [-0.1, -0.05) is 18.2 Å². The molecule has 1 aliphatic carbocycles. The highest BCUT2D eigenvalue weighted by Crippen LogP contribution is 2.28. The molecule has 2 heterocycles. The molecule has 158 valence electrons. The van der Waals surface area contributed by atoms with Crippen LogP contribution in [-0.2, 0) is 31.9 Å². The molecule has 8 heteroatoms. The van der Waals surface area contributed by atoms with Crippen molar-refractivity contribution in [3.05, 3.63) is 47.3 Å². The monoisotopic (exact) mass is 411 g/mol. The number of hydrogen-bond acceptors (Lipinski definition) is 6. The van der Waals surface area contributed by atoms with Crippen molar-refractivity contribution in [2.45, 2.75) is 32.1 Å². The zero-order valence-electron chi connectivity index (χ0n) is 17.0. The number of hydrogen-bond donors (Lipinski definition) is 0.